The SMILES string of the molecule is CC(C)n1cc(-c2cccc3[nH]c(CC(O)CN(C)C)[c]c23)c2ccccc21. The Hall–Kier alpha value is -2.56. The molecule has 145 valence electrons. The summed E-state index contributed by atoms with van der Waals surface area (Å²) in [5, 5.41) is 12.6. The molecule has 0 bridgehead atoms. The number of hydrogen-bond acceptors (Lipinski definition) is 2. The molecule has 1 atom stereocenters. The van der Waals surface area contributed by atoms with Crippen molar-refractivity contribution in [2.45, 2.75) is 32.4 Å². The van der Waals surface area contributed by atoms with Gasteiger partial charge in [0.1, 0.15) is 0 Å². The molecule has 4 aromatic rings. The molecule has 0 saturated heterocycles. The van der Waals surface area contributed by atoms with E-state index in [2.05, 4.69) is 78.1 Å². The molecule has 0 saturated carbocycles. The van der Waals surface area contributed by atoms with Crippen molar-refractivity contribution in [2.75, 3.05) is 20.6 Å². The van der Waals surface area contributed by atoms with Gasteiger partial charge in [-0.05, 0) is 45.6 Å². The molecule has 4 heteroatoms. The zero-order valence-corrected chi connectivity index (χ0v) is 17.0. The fraction of sp³-hybridized carbons (Fsp3) is 0.333. The minimum absolute atomic E-state index is 0.393. The number of aliphatic hydroxyl groups is 1. The normalized spacial score (nSPS) is 13.2. The number of rotatable bonds is 6. The van der Waals surface area contributed by atoms with Crippen LogP contribution in [0.3, 0.4) is 0 Å². The van der Waals surface area contributed by atoms with E-state index in [0.29, 0.717) is 19.0 Å². The quantitative estimate of drug-likeness (QED) is 0.516. The third-order valence-corrected chi connectivity index (χ3v) is 5.23. The Labute approximate surface area is 166 Å². The van der Waals surface area contributed by atoms with Crippen molar-refractivity contribution < 1.29 is 5.11 Å². The zero-order chi connectivity index (χ0) is 19.8. The molecular weight excluding hydrogens is 346 g/mol. The fourth-order valence-corrected chi connectivity index (χ4v) is 4.03. The second kappa shape index (κ2) is 7.46. The van der Waals surface area contributed by atoms with E-state index in [4.69, 9.17) is 0 Å². The van der Waals surface area contributed by atoms with Gasteiger partial charge < -0.3 is 19.6 Å². The van der Waals surface area contributed by atoms with Crippen LogP contribution in [0.5, 0.6) is 0 Å². The highest BCUT2D eigenvalue weighted by Gasteiger charge is 2.16. The first-order valence-corrected chi connectivity index (χ1v) is 9.89. The van der Waals surface area contributed by atoms with E-state index in [1.165, 1.54) is 22.0 Å². The monoisotopic (exact) mass is 374 g/mol. The van der Waals surface area contributed by atoms with Crippen LogP contribution in [0.1, 0.15) is 25.6 Å². The molecule has 0 aliphatic carbocycles. The number of para-hydroxylation sites is 1. The number of aromatic amines is 1. The maximum atomic E-state index is 10.3. The molecule has 0 fully saturated rings. The van der Waals surface area contributed by atoms with Crippen LogP contribution in [0, 0.1) is 6.07 Å². The van der Waals surface area contributed by atoms with Gasteiger partial charge in [0.25, 0.3) is 0 Å². The van der Waals surface area contributed by atoms with Gasteiger partial charge in [0.05, 0.1) is 6.10 Å². The van der Waals surface area contributed by atoms with Crippen LogP contribution < -0.4 is 0 Å². The van der Waals surface area contributed by atoms with Gasteiger partial charge in [-0.3, -0.25) is 0 Å². The second-order valence-electron chi connectivity index (χ2n) is 8.14. The Morgan fingerprint density at radius 2 is 1.86 bits per heavy atom. The highest BCUT2D eigenvalue weighted by molar-refractivity contribution is 6.04. The Balaban J connectivity index is 1.81. The van der Waals surface area contributed by atoms with E-state index < -0.39 is 6.10 Å². The van der Waals surface area contributed by atoms with Crippen LogP contribution in [-0.2, 0) is 6.42 Å². The lowest BCUT2D eigenvalue weighted by Crippen LogP contribution is -2.27. The average molecular weight is 375 g/mol. The van der Waals surface area contributed by atoms with Crippen molar-refractivity contribution in [3.05, 3.63) is 60.4 Å². The number of benzene rings is 2. The molecule has 2 aromatic carbocycles. The number of aromatic nitrogens is 2. The summed E-state index contributed by atoms with van der Waals surface area (Å²) in [5.74, 6) is 0. The minimum Gasteiger partial charge on any atom is -0.391 e. The standard InChI is InChI=1S/C24H28N3O/c1-16(2)27-15-22(20-8-5-6-11-24(20)27)19-9-7-10-23-21(19)13-17(25-23)12-18(28)14-26(3)4/h5-11,15-16,18,25,28H,12,14H2,1-4H3. The van der Waals surface area contributed by atoms with Gasteiger partial charge in [0.15, 0.2) is 0 Å². The molecule has 28 heavy (non-hydrogen) atoms. The topological polar surface area (TPSA) is 44.2 Å². The number of H-pyrrole nitrogens is 1. The van der Waals surface area contributed by atoms with Crippen molar-refractivity contribution in [2.24, 2.45) is 0 Å². The Morgan fingerprint density at radius 1 is 1.07 bits per heavy atom. The summed E-state index contributed by atoms with van der Waals surface area (Å²) >= 11 is 0. The van der Waals surface area contributed by atoms with Gasteiger partial charge in [-0.2, -0.15) is 0 Å². The van der Waals surface area contributed by atoms with Crippen LogP contribution in [0.25, 0.3) is 32.9 Å². The maximum Gasteiger partial charge on any atom is 0.0721 e. The molecule has 2 heterocycles. The third-order valence-electron chi connectivity index (χ3n) is 5.23. The Kier molecular flexibility index (Phi) is 5.00. The van der Waals surface area contributed by atoms with Crippen LogP contribution in [0.2, 0.25) is 0 Å². The largest absolute Gasteiger partial charge is 0.391 e. The first-order valence-electron chi connectivity index (χ1n) is 9.89. The molecule has 0 aliphatic rings. The minimum atomic E-state index is -0.411. The molecule has 1 unspecified atom stereocenters. The number of fused-ring (bicyclic) bond motifs is 2. The molecule has 0 amide bonds. The number of nitrogens with one attached hydrogen (secondary N) is 1. The smallest absolute Gasteiger partial charge is 0.0721 e. The van der Waals surface area contributed by atoms with E-state index in [1.807, 2.05) is 19.0 Å². The van der Waals surface area contributed by atoms with Crippen LogP contribution in [-0.4, -0.2) is 46.3 Å². The van der Waals surface area contributed by atoms with Crippen molar-refractivity contribution in [3.63, 3.8) is 0 Å². The van der Waals surface area contributed by atoms with Crippen molar-refractivity contribution >= 4 is 21.8 Å². The van der Waals surface area contributed by atoms with Crippen LogP contribution in [0.4, 0.5) is 0 Å². The summed E-state index contributed by atoms with van der Waals surface area (Å²) in [6.07, 6.45) is 2.41. The Morgan fingerprint density at radius 3 is 2.61 bits per heavy atom. The lowest BCUT2D eigenvalue weighted by atomic mass is 10.0. The first kappa shape index (κ1) is 18.8. The van der Waals surface area contributed by atoms with E-state index in [1.54, 1.807) is 0 Å². The molecule has 4 nitrogen and oxygen atoms in total. The summed E-state index contributed by atoms with van der Waals surface area (Å²) in [5.41, 5.74) is 5.67. The summed E-state index contributed by atoms with van der Waals surface area (Å²) < 4.78 is 2.33. The Bertz CT molecular complexity index is 1100. The van der Waals surface area contributed by atoms with E-state index in [0.717, 1.165) is 16.6 Å². The van der Waals surface area contributed by atoms with Gasteiger partial charge in [0.2, 0.25) is 0 Å². The summed E-state index contributed by atoms with van der Waals surface area (Å²) in [4.78, 5) is 5.45. The molecule has 1 radical (unpaired) electrons. The summed E-state index contributed by atoms with van der Waals surface area (Å²) in [6.45, 7) is 5.06. The lowest BCUT2D eigenvalue weighted by molar-refractivity contribution is 0.136. The van der Waals surface area contributed by atoms with Gasteiger partial charge in [0, 0.05) is 64.3 Å². The second-order valence-corrected chi connectivity index (χ2v) is 8.14. The van der Waals surface area contributed by atoms with E-state index >= 15 is 0 Å². The number of hydrogen-bond donors (Lipinski definition) is 2. The van der Waals surface area contributed by atoms with Crippen LogP contribution in [0.15, 0.2) is 48.7 Å². The maximum absolute atomic E-state index is 10.3. The van der Waals surface area contributed by atoms with Crippen molar-refractivity contribution in [3.8, 4) is 11.1 Å². The molecule has 4 rings (SSSR count). The molecule has 2 N–H and O–H groups in total. The highest BCUT2D eigenvalue weighted by atomic mass is 16.3. The van der Waals surface area contributed by atoms with E-state index in [9.17, 15) is 5.11 Å². The van der Waals surface area contributed by atoms with E-state index in [-0.39, 0.29) is 0 Å². The van der Waals surface area contributed by atoms with Gasteiger partial charge in [-0.25, -0.2) is 0 Å². The third kappa shape index (κ3) is 3.46. The fourth-order valence-electron chi connectivity index (χ4n) is 4.03. The summed E-state index contributed by atoms with van der Waals surface area (Å²) in [6, 6.07) is 18.8. The van der Waals surface area contributed by atoms with Gasteiger partial charge in [-0.1, -0.05) is 30.3 Å². The zero-order valence-electron chi connectivity index (χ0n) is 17.0. The van der Waals surface area contributed by atoms with Crippen LogP contribution >= 0.6 is 0 Å². The van der Waals surface area contributed by atoms with Crippen molar-refractivity contribution in [1.29, 1.82) is 0 Å². The molecule has 2 aromatic heterocycles. The van der Waals surface area contributed by atoms with Crippen molar-refractivity contribution in [1.82, 2.24) is 14.5 Å². The number of likely N-dealkylation sites (N-methyl/N-ethyl adjacent to an activating group) is 1. The predicted molar refractivity (Wildman–Crippen MR) is 117 cm³/mol. The molecule has 0 aliphatic heterocycles. The number of nitrogens with zero attached hydrogens (tertiary/aromatic N) is 2. The molecule has 0 spiro atoms. The first-order chi connectivity index (χ1) is 13.4. The lowest BCUT2D eigenvalue weighted by Gasteiger charge is -2.14. The number of aliphatic hydroxyl groups excluding tert-OH is 1. The molecular formula is C24H28N3O. The average Bonchev–Trinajstić information content (AvgIpc) is 3.21. The highest BCUT2D eigenvalue weighted by Crippen LogP contribution is 2.36. The van der Waals surface area contributed by atoms with Gasteiger partial charge in [-0.15, -0.1) is 0 Å². The summed E-state index contributed by atoms with van der Waals surface area (Å²) in [7, 11) is 3.95. The predicted octanol–water partition coefficient (Wildman–Crippen LogP) is 4.64. The van der Waals surface area contributed by atoms with Gasteiger partial charge >= 0.3 is 0 Å².